The summed E-state index contributed by atoms with van der Waals surface area (Å²) in [5.41, 5.74) is 10.2. The average Bonchev–Trinajstić information content (AvgIpc) is 3.78. The minimum Gasteiger partial charge on any atom is -0.492 e. The van der Waals surface area contributed by atoms with Crippen LogP contribution in [0.5, 0.6) is 5.75 Å². The molecule has 1 amide bonds. The molecule has 9 heteroatoms. The van der Waals surface area contributed by atoms with Crippen LogP contribution in [0.1, 0.15) is 36.1 Å². The van der Waals surface area contributed by atoms with Gasteiger partial charge in [0.15, 0.2) is 0 Å². The lowest BCUT2D eigenvalue weighted by molar-refractivity contribution is -0.122. The first-order chi connectivity index (χ1) is 21.1. The molecule has 4 N–H and O–H groups in total. The molecule has 4 aliphatic rings. The molecule has 2 fully saturated rings. The van der Waals surface area contributed by atoms with Crippen molar-refractivity contribution in [3.63, 3.8) is 0 Å². The van der Waals surface area contributed by atoms with Crippen LogP contribution in [0.4, 0.5) is 17.5 Å². The van der Waals surface area contributed by atoms with Gasteiger partial charge in [-0.15, -0.1) is 0 Å². The van der Waals surface area contributed by atoms with Crippen molar-refractivity contribution in [3.05, 3.63) is 83.6 Å². The summed E-state index contributed by atoms with van der Waals surface area (Å²) in [5.74, 6) is 2.16. The van der Waals surface area contributed by atoms with Crippen LogP contribution in [0, 0.1) is 17.8 Å². The van der Waals surface area contributed by atoms with Crippen LogP contribution in [0.25, 0.3) is 0 Å². The van der Waals surface area contributed by atoms with Gasteiger partial charge in [-0.25, -0.2) is 4.98 Å². The maximum absolute atomic E-state index is 12.4. The Bertz CT molecular complexity index is 1460. The summed E-state index contributed by atoms with van der Waals surface area (Å²) in [6.45, 7) is 6.57. The molecular formula is C34H41N7O2. The van der Waals surface area contributed by atoms with Crippen LogP contribution in [-0.4, -0.2) is 64.5 Å². The van der Waals surface area contributed by atoms with Crippen molar-refractivity contribution in [3.8, 4) is 5.75 Å². The van der Waals surface area contributed by atoms with Gasteiger partial charge in [-0.1, -0.05) is 42.5 Å². The number of hydrogen-bond acceptors (Lipinski definition) is 8. The van der Waals surface area contributed by atoms with Gasteiger partial charge in [0.25, 0.3) is 0 Å². The molecule has 0 radical (unpaired) electrons. The van der Waals surface area contributed by atoms with Crippen molar-refractivity contribution >= 4 is 23.4 Å². The van der Waals surface area contributed by atoms with E-state index in [4.69, 9.17) is 20.4 Å². The third-order valence-electron chi connectivity index (χ3n) is 9.46. The lowest BCUT2D eigenvalue weighted by Crippen LogP contribution is -2.41. The number of nitrogens with one attached hydrogen (secondary N) is 2. The number of carbonyl (C=O) groups is 1. The Morgan fingerprint density at radius 2 is 1.74 bits per heavy atom. The first-order valence-corrected chi connectivity index (χ1v) is 15.7. The molecule has 2 aromatic carbocycles. The average molecular weight is 580 g/mol. The fraction of sp³-hybridized carbons (Fsp3) is 0.441. The summed E-state index contributed by atoms with van der Waals surface area (Å²) in [4.78, 5) is 27.3. The fourth-order valence-corrected chi connectivity index (χ4v) is 7.24. The summed E-state index contributed by atoms with van der Waals surface area (Å²) < 4.78 is 6.03. The van der Waals surface area contributed by atoms with Gasteiger partial charge in [-0.3, -0.25) is 14.6 Å². The smallest absolute Gasteiger partial charge is 0.225 e. The summed E-state index contributed by atoms with van der Waals surface area (Å²) in [6.07, 6.45) is 8.70. The molecule has 9 nitrogen and oxygen atoms in total. The van der Waals surface area contributed by atoms with E-state index in [1.165, 1.54) is 31.5 Å². The summed E-state index contributed by atoms with van der Waals surface area (Å²) >= 11 is 0. The summed E-state index contributed by atoms with van der Waals surface area (Å²) in [6, 6.07) is 18.6. The molecule has 3 heterocycles. The molecule has 7 rings (SSSR count). The van der Waals surface area contributed by atoms with E-state index in [9.17, 15) is 4.79 Å². The minimum atomic E-state index is -0.259. The van der Waals surface area contributed by atoms with Crippen LogP contribution in [0.15, 0.2) is 66.7 Å². The van der Waals surface area contributed by atoms with Gasteiger partial charge in [0.05, 0.1) is 11.6 Å². The Balaban J connectivity index is 1.10. The van der Waals surface area contributed by atoms with E-state index in [1.54, 1.807) is 0 Å². The number of rotatable bonds is 11. The summed E-state index contributed by atoms with van der Waals surface area (Å²) in [5, 5.41) is 7.13. The number of primary amides is 1. The molecule has 2 aliphatic heterocycles. The van der Waals surface area contributed by atoms with Crippen molar-refractivity contribution in [2.24, 2.45) is 23.5 Å². The van der Waals surface area contributed by atoms with Gasteiger partial charge in [-0.2, -0.15) is 4.98 Å². The minimum absolute atomic E-state index is 0.0893. The zero-order chi connectivity index (χ0) is 29.2. The zero-order valence-electron chi connectivity index (χ0n) is 24.6. The van der Waals surface area contributed by atoms with Crippen LogP contribution >= 0.6 is 0 Å². The highest BCUT2D eigenvalue weighted by molar-refractivity contribution is 5.79. The van der Waals surface area contributed by atoms with Gasteiger partial charge in [0.1, 0.15) is 18.2 Å². The first kappa shape index (κ1) is 27.9. The Morgan fingerprint density at radius 3 is 2.53 bits per heavy atom. The molecule has 4 atom stereocenters. The predicted molar refractivity (Wildman–Crippen MR) is 168 cm³/mol. The number of ether oxygens (including phenoxy) is 1. The zero-order valence-corrected chi connectivity index (χ0v) is 24.6. The monoisotopic (exact) mass is 579 g/mol. The number of likely N-dealkylation sites (tertiary alicyclic amines) is 1. The largest absolute Gasteiger partial charge is 0.492 e. The fourth-order valence-electron chi connectivity index (χ4n) is 7.24. The lowest BCUT2D eigenvalue weighted by atomic mass is 9.88. The molecule has 0 spiro atoms. The number of nitrogens with two attached hydrogens (primary N) is 1. The lowest BCUT2D eigenvalue weighted by Gasteiger charge is -2.31. The molecule has 1 saturated heterocycles. The van der Waals surface area contributed by atoms with Crippen LogP contribution in [0.2, 0.25) is 0 Å². The van der Waals surface area contributed by atoms with E-state index in [1.807, 2.05) is 24.3 Å². The van der Waals surface area contributed by atoms with E-state index >= 15 is 0 Å². The van der Waals surface area contributed by atoms with E-state index in [0.717, 1.165) is 67.5 Å². The van der Waals surface area contributed by atoms with Gasteiger partial charge in [0.2, 0.25) is 11.9 Å². The number of amides is 1. The second-order valence-electron chi connectivity index (χ2n) is 12.4. The molecule has 1 aromatic heterocycles. The van der Waals surface area contributed by atoms with Gasteiger partial charge < -0.3 is 21.1 Å². The van der Waals surface area contributed by atoms with E-state index < -0.39 is 0 Å². The Morgan fingerprint density at radius 1 is 0.953 bits per heavy atom. The topological polar surface area (TPSA) is 109 Å². The quantitative estimate of drug-likeness (QED) is 0.288. The maximum atomic E-state index is 12.4. The number of aromatic nitrogens is 2. The normalized spacial score (nSPS) is 24.7. The van der Waals surface area contributed by atoms with Crippen molar-refractivity contribution in [1.82, 2.24) is 19.8 Å². The number of nitrogens with zero attached hydrogens (tertiary/aromatic N) is 4. The number of anilines is 3. The van der Waals surface area contributed by atoms with Crippen molar-refractivity contribution < 1.29 is 9.53 Å². The van der Waals surface area contributed by atoms with Crippen LogP contribution < -0.4 is 21.1 Å². The number of hydrogen-bond donors (Lipinski definition) is 3. The van der Waals surface area contributed by atoms with Crippen LogP contribution in [-0.2, 0) is 24.3 Å². The standard InChI is InChI=1S/C34H41N7O2/c35-32(42)30-24-8-9-25(20-24)31(30)38-34-37-29-14-17-41(21-23-6-2-1-3-7-23)22-28(29)33(39-34)36-26-10-12-27(13-11-26)43-19-18-40-15-4-5-16-40/h1-3,6-13,24-25,30-31H,4-5,14-22H2,(H2,35,42)(H2,36,37,38,39). The number of allylic oxidation sites excluding steroid dienone is 1. The third-order valence-corrected chi connectivity index (χ3v) is 9.46. The molecule has 43 heavy (non-hydrogen) atoms. The second kappa shape index (κ2) is 12.3. The second-order valence-corrected chi connectivity index (χ2v) is 12.4. The molecule has 2 bridgehead atoms. The maximum Gasteiger partial charge on any atom is 0.225 e. The van der Waals surface area contributed by atoms with Crippen molar-refractivity contribution in [1.29, 1.82) is 0 Å². The Hall–Kier alpha value is -3.95. The summed E-state index contributed by atoms with van der Waals surface area (Å²) in [7, 11) is 0. The number of carbonyl (C=O) groups excluding carboxylic acids is 1. The Labute approximate surface area is 253 Å². The molecule has 3 aromatic rings. The number of fused-ring (bicyclic) bond motifs is 3. The predicted octanol–water partition coefficient (Wildman–Crippen LogP) is 4.34. The first-order valence-electron chi connectivity index (χ1n) is 15.7. The third kappa shape index (κ3) is 6.24. The number of benzene rings is 2. The Kier molecular flexibility index (Phi) is 8.00. The van der Waals surface area contributed by atoms with Gasteiger partial charge in [-0.05, 0) is 74.0 Å². The highest BCUT2D eigenvalue weighted by Crippen LogP contribution is 2.45. The molecule has 1 saturated carbocycles. The van der Waals surface area contributed by atoms with Gasteiger partial charge >= 0.3 is 0 Å². The molecular weight excluding hydrogens is 538 g/mol. The van der Waals surface area contributed by atoms with Crippen molar-refractivity contribution in [2.75, 3.05) is 43.4 Å². The van der Waals surface area contributed by atoms with E-state index in [-0.39, 0.29) is 29.7 Å². The highest BCUT2D eigenvalue weighted by Gasteiger charge is 2.47. The SMILES string of the molecule is NC(=O)C1C2C=CC(C2)C1Nc1nc2c(c(Nc3ccc(OCCN4CCCC4)cc3)n1)CN(Cc1ccccc1)CC2. The van der Waals surface area contributed by atoms with Crippen LogP contribution in [0.3, 0.4) is 0 Å². The van der Waals surface area contributed by atoms with Gasteiger partial charge in [0, 0.05) is 49.9 Å². The highest BCUT2D eigenvalue weighted by atomic mass is 16.5. The molecule has 224 valence electrons. The van der Waals surface area contributed by atoms with Crippen molar-refractivity contribution in [2.45, 2.75) is 44.8 Å². The van der Waals surface area contributed by atoms with E-state index in [0.29, 0.717) is 12.6 Å². The molecule has 2 aliphatic carbocycles. The van der Waals surface area contributed by atoms with E-state index in [2.05, 4.69) is 62.9 Å². The molecule has 4 unspecified atom stereocenters.